The first-order valence-corrected chi connectivity index (χ1v) is 8.07. The van der Waals surface area contributed by atoms with Crippen molar-refractivity contribution < 1.29 is 23.1 Å². The third-order valence-electron chi connectivity index (χ3n) is 3.96. The van der Waals surface area contributed by atoms with E-state index in [1.54, 1.807) is 11.3 Å². The van der Waals surface area contributed by atoms with Gasteiger partial charge in [-0.05, 0) is 19.8 Å². The maximum absolute atomic E-state index is 12.7. The number of rotatable bonds is 4. The normalized spacial score (nSPS) is 18.5. The van der Waals surface area contributed by atoms with Crippen molar-refractivity contribution >= 4 is 17.2 Å². The van der Waals surface area contributed by atoms with E-state index in [1.807, 2.05) is 12.3 Å². The lowest BCUT2D eigenvalue weighted by Gasteiger charge is -2.39. The Morgan fingerprint density at radius 1 is 1.45 bits per heavy atom. The van der Waals surface area contributed by atoms with Crippen LogP contribution < -0.4 is 0 Å². The lowest BCUT2D eigenvalue weighted by molar-refractivity contribution is -0.272. The second kappa shape index (κ2) is 6.54. The highest BCUT2D eigenvalue weighted by Crippen LogP contribution is 2.38. The number of aliphatic hydroxyl groups is 1. The van der Waals surface area contributed by atoms with Crippen molar-refractivity contribution in [2.75, 3.05) is 13.1 Å². The zero-order valence-electron chi connectivity index (χ0n) is 12.3. The van der Waals surface area contributed by atoms with Crippen LogP contribution in [0.1, 0.15) is 36.4 Å². The molecule has 1 amide bonds. The molecule has 0 bridgehead atoms. The minimum Gasteiger partial charge on any atom is -0.380 e. The number of carbonyl (C=O) groups is 1. The Kier molecular flexibility index (Phi) is 5.11. The molecule has 1 saturated heterocycles. The van der Waals surface area contributed by atoms with Crippen LogP contribution >= 0.6 is 11.3 Å². The molecular weight excluding hydrogens is 317 g/mol. The van der Waals surface area contributed by atoms with Crippen LogP contribution in [0.5, 0.6) is 0 Å². The van der Waals surface area contributed by atoms with Gasteiger partial charge in [0.2, 0.25) is 5.91 Å². The molecule has 1 fully saturated rings. The smallest absolute Gasteiger partial charge is 0.380 e. The first-order chi connectivity index (χ1) is 10.2. The maximum Gasteiger partial charge on any atom is 0.417 e. The summed E-state index contributed by atoms with van der Waals surface area (Å²) < 4.78 is 38.1. The molecule has 0 saturated carbocycles. The summed E-state index contributed by atoms with van der Waals surface area (Å²) in [6.07, 6.45) is -3.93. The summed E-state index contributed by atoms with van der Waals surface area (Å²) in [6, 6.07) is 0. The molecule has 0 atom stereocenters. The maximum atomic E-state index is 12.7. The Labute approximate surface area is 131 Å². The summed E-state index contributed by atoms with van der Waals surface area (Å²) >= 11 is 1.55. The van der Waals surface area contributed by atoms with Crippen molar-refractivity contribution in [3.8, 4) is 0 Å². The van der Waals surface area contributed by atoms with Gasteiger partial charge in [-0.15, -0.1) is 11.3 Å². The van der Waals surface area contributed by atoms with Crippen LogP contribution in [0.2, 0.25) is 0 Å². The van der Waals surface area contributed by atoms with E-state index in [-0.39, 0.29) is 19.0 Å². The van der Waals surface area contributed by atoms with Gasteiger partial charge in [-0.3, -0.25) is 4.79 Å². The van der Waals surface area contributed by atoms with Crippen molar-refractivity contribution in [2.45, 2.75) is 50.8 Å². The fraction of sp³-hybridized carbons (Fsp3) is 0.714. The van der Waals surface area contributed by atoms with E-state index in [0.29, 0.717) is 19.3 Å². The SMILES string of the molecule is Cc1nc(CCCC(=O)N2CCC(O)(C(F)(F)F)CC2)cs1. The predicted octanol–water partition coefficient (Wildman–Crippen LogP) is 2.69. The average molecular weight is 336 g/mol. The van der Waals surface area contributed by atoms with E-state index in [4.69, 9.17) is 0 Å². The number of aromatic nitrogens is 1. The van der Waals surface area contributed by atoms with E-state index in [9.17, 15) is 23.1 Å². The highest BCUT2D eigenvalue weighted by atomic mass is 32.1. The number of piperidine rings is 1. The summed E-state index contributed by atoms with van der Waals surface area (Å²) in [5.74, 6) is -0.156. The van der Waals surface area contributed by atoms with Gasteiger partial charge >= 0.3 is 6.18 Å². The van der Waals surface area contributed by atoms with Crippen molar-refractivity contribution in [3.63, 3.8) is 0 Å². The zero-order valence-corrected chi connectivity index (χ0v) is 13.1. The second-order valence-corrected chi connectivity index (χ2v) is 6.68. The fourth-order valence-electron chi connectivity index (χ4n) is 2.51. The molecule has 0 aromatic carbocycles. The summed E-state index contributed by atoms with van der Waals surface area (Å²) in [6.45, 7) is 1.81. The fourth-order valence-corrected chi connectivity index (χ4v) is 3.16. The number of halogens is 3. The van der Waals surface area contributed by atoms with Crippen molar-refractivity contribution in [2.24, 2.45) is 0 Å². The molecule has 1 aliphatic heterocycles. The van der Waals surface area contributed by atoms with Crippen LogP contribution in [-0.4, -0.2) is 45.8 Å². The van der Waals surface area contributed by atoms with Crippen molar-refractivity contribution in [1.82, 2.24) is 9.88 Å². The predicted molar refractivity (Wildman–Crippen MR) is 76.6 cm³/mol. The van der Waals surface area contributed by atoms with Crippen LogP contribution in [0.15, 0.2) is 5.38 Å². The molecule has 1 N–H and O–H groups in total. The van der Waals surface area contributed by atoms with Crippen LogP contribution in [0, 0.1) is 6.92 Å². The van der Waals surface area contributed by atoms with Gasteiger partial charge < -0.3 is 10.0 Å². The minimum absolute atomic E-state index is 0.0509. The van der Waals surface area contributed by atoms with E-state index in [1.165, 1.54) is 4.90 Å². The Morgan fingerprint density at radius 2 is 2.09 bits per heavy atom. The monoisotopic (exact) mass is 336 g/mol. The summed E-state index contributed by atoms with van der Waals surface area (Å²) in [5, 5.41) is 12.5. The van der Waals surface area contributed by atoms with E-state index in [0.717, 1.165) is 10.7 Å². The second-order valence-electron chi connectivity index (χ2n) is 5.62. The number of hydrogen-bond acceptors (Lipinski definition) is 4. The Bertz CT molecular complexity index is 522. The van der Waals surface area contributed by atoms with Gasteiger partial charge in [-0.25, -0.2) is 4.98 Å². The highest BCUT2D eigenvalue weighted by Gasteiger charge is 2.54. The largest absolute Gasteiger partial charge is 0.417 e. The first-order valence-electron chi connectivity index (χ1n) is 7.19. The molecule has 22 heavy (non-hydrogen) atoms. The molecule has 0 radical (unpaired) electrons. The topological polar surface area (TPSA) is 53.4 Å². The van der Waals surface area contributed by atoms with Crippen molar-refractivity contribution in [3.05, 3.63) is 16.1 Å². The molecule has 1 aromatic heterocycles. The van der Waals surface area contributed by atoms with Gasteiger partial charge in [0.15, 0.2) is 5.60 Å². The molecular formula is C14H19F3N2O2S. The number of alkyl halides is 3. The number of carbonyl (C=O) groups excluding carboxylic acids is 1. The molecule has 1 aromatic rings. The third-order valence-corrected chi connectivity index (χ3v) is 4.78. The van der Waals surface area contributed by atoms with Gasteiger partial charge in [-0.1, -0.05) is 0 Å². The Hall–Kier alpha value is -1.15. The van der Waals surface area contributed by atoms with Crippen LogP contribution in [-0.2, 0) is 11.2 Å². The van der Waals surface area contributed by atoms with Gasteiger partial charge in [0.05, 0.1) is 10.7 Å². The highest BCUT2D eigenvalue weighted by molar-refractivity contribution is 7.09. The average Bonchev–Trinajstić information content (AvgIpc) is 2.84. The minimum atomic E-state index is -4.63. The summed E-state index contributed by atoms with van der Waals surface area (Å²) in [5.41, 5.74) is -1.71. The molecule has 124 valence electrons. The van der Waals surface area contributed by atoms with Gasteiger partial charge in [0.1, 0.15) is 0 Å². The van der Waals surface area contributed by atoms with Crippen LogP contribution in [0.3, 0.4) is 0 Å². The van der Waals surface area contributed by atoms with Gasteiger partial charge in [-0.2, -0.15) is 13.2 Å². The van der Waals surface area contributed by atoms with Gasteiger partial charge in [0, 0.05) is 37.7 Å². The lowest BCUT2D eigenvalue weighted by atomic mass is 9.90. The molecule has 0 unspecified atom stereocenters. The summed E-state index contributed by atoms with van der Waals surface area (Å²) in [4.78, 5) is 17.7. The third kappa shape index (κ3) is 3.98. The number of hydrogen-bond donors (Lipinski definition) is 1. The quantitative estimate of drug-likeness (QED) is 0.920. The molecule has 4 nitrogen and oxygen atoms in total. The molecule has 1 aliphatic rings. The van der Waals surface area contributed by atoms with E-state index < -0.39 is 24.6 Å². The molecule has 2 rings (SSSR count). The number of nitrogens with zero attached hydrogens (tertiary/aromatic N) is 2. The molecule has 0 spiro atoms. The molecule has 2 heterocycles. The molecule has 8 heteroatoms. The lowest BCUT2D eigenvalue weighted by Crippen LogP contribution is -2.54. The van der Waals surface area contributed by atoms with Gasteiger partial charge in [0.25, 0.3) is 0 Å². The Balaban J connectivity index is 1.75. The number of thiazole rings is 1. The standard InChI is InChI=1S/C14H19F3N2O2S/c1-10-18-11(9-22-10)3-2-4-12(20)19-7-5-13(21,6-8-19)14(15,16)17/h9,21H,2-8H2,1H3. The van der Waals surface area contributed by atoms with Crippen LogP contribution in [0.4, 0.5) is 13.2 Å². The van der Waals surface area contributed by atoms with Crippen molar-refractivity contribution in [1.29, 1.82) is 0 Å². The summed E-state index contributed by atoms with van der Waals surface area (Å²) in [7, 11) is 0. The van der Waals surface area contributed by atoms with E-state index >= 15 is 0 Å². The number of aryl methyl sites for hydroxylation is 2. The first kappa shape index (κ1) is 17.2. The Morgan fingerprint density at radius 3 is 2.59 bits per heavy atom. The van der Waals surface area contributed by atoms with E-state index in [2.05, 4.69) is 4.98 Å². The zero-order chi connectivity index (χ0) is 16.4. The number of likely N-dealkylation sites (tertiary alicyclic amines) is 1. The van der Waals surface area contributed by atoms with Crippen LogP contribution in [0.25, 0.3) is 0 Å². The molecule has 0 aliphatic carbocycles. The number of amides is 1.